The van der Waals surface area contributed by atoms with Gasteiger partial charge >= 0.3 is 0 Å². The molecule has 0 aliphatic heterocycles. The lowest BCUT2D eigenvalue weighted by Crippen LogP contribution is -1.73. The van der Waals surface area contributed by atoms with Crippen LogP contribution >= 0.6 is 0 Å². The van der Waals surface area contributed by atoms with Gasteiger partial charge in [-0.1, -0.05) is 69.3 Å². The van der Waals surface area contributed by atoms with Gasteiger partial charge in [0.25, 0.3) is 0 Å². The fraction of sp³-hybridized carbons (Fsp3) is 0.250. The molecule has 0 aliphatic carbocycles. The van der Waals surface area contributed by atoms with E-state index >= 15 is 0 Å². The summed E-state index contributed by atoms with van der Waals surface area (Å²) in [4.78, 5) is 0. The number of rotatable bonds is 1. The second kappa shape index (κ2) is 10.9. The van der Waals surface area contributed by atoms with E-state index in [0.29, 0.717) is 0 Å². The molecule has 2 rings (SSSR count). The summed E-state index contributed by atoms with van der Waals surface area (Å²) in [6.07, 6.45) is 1.14. The summed E-state index contributed by atoms with van der Waals surface area (Å²) in [5.74, 6) is -0.178. The van der Waals surface area contributed by atoms with E-state index in [9.17, 15) is 4.39 Å². The third-order valence-electron chi connectivity index (χ3n) is 1.98. The summed E-state index contributed by atoms with van der Waals surface area (Å²) in [7, 11) is 0. The molecular weight excluding hydrogens is 211 g/mol. The van der Waals surface area contributed by atoms with Crippen molar-refractivity contribution in [1.82, 2.24) is 0 Å². The van der Waals surface area contributed by atoms with Gasteiger partial charge in [-0.25, -0.2) is 4.39 Å². The van der Waals surface area contributed by atoms with Gasteiger partial charge in [-0.05, 0) is 24.1 Å². The number of halogens is 1. The van der Waals surface area contributed by atoms with Gasteiger partial charge in [-0.15, -0.1) is 0 Å². The van der Waals surface area contributed by atoms with Crippen LogP contribution in [0.2, 0.25) is 0 Å². The average molecular weight is 232 g/mol. The molecule has 17 heavy (non-hydrogen) atoms. The Morgan fingerprint density at radius 2 is 1.18 bits per heavy atom. The first kappa shape index (κ1) is 15.4. The van der Waals surface area contributed by atoms with E-state index in [1.54, 1.807) is 18.2 Å². The van der Waals surface area contributed by atoms with Crippen molar-refractivity contribution in [2.45, 2.75) is 27.2 Å². The highest BCUT2D eigenvalue weighted by Crippen LogP contribution is 1.96. The minimum atomic E-state index is -0.178. The fourth-order valence-electron chi connectivity index (χ4n) is 1.13. The highest BCUT2D eigenvalue weighted by Gasteiger charge is 1.80. The van der Waals surface area contributed by atoms with Crippen LogP contribution in [0.25, 0.3) is 0 Å². The SMILES string of the molecule is CC.CCc1ccccc1.Fc1ccccc1. The molecule has 0 saturated heterocycles. The summed E-state index contributed by atoms with van der Waals surface area (Å²) in [5, 5.41) is 0. The Hall–Kier alpha value is -1.63. The van der Waals surface area contributed by atoms with Gasteiger partial charge in [-0.2, -0.15) is 0 Å². The Balaban J connectivity index is 0.000000265. The molecule has 0 heterocycles. The molecule has 0 unspecified atom stereocenters. The molecule has 0 radical (unpaired) electrons. The predicted molar refractivity (Wildman–Crippen MR) is 73.6 cm³/mol. The molecule has 0 bridgehead atoms. The molecule has 0 fully saturated rings. The Labute approximate surface area is 104 Å². The van der Waals surface area contributed by atoms with Crippen molar-refractivity contribution in [2.75, 3.05) is 0 Å². The van der Waals surface area contributed by atoms with E-state index in [-0.39, 0.29) is 5.82 Å². The van der Waals surface area contributed by atoms with Crippen LogP contribution in [0, 0.1) is 5.82 Å². The maximum atomic E-state index is 11.9. The van der Waals surface area contributed by atoms with Crippen molar-refractivity contribution in [3.8, 4) is 0 Å². The average Bonchev–Trinajstić information content (AvgIpc) is 2.43. The number of hydrogen-bond donors (Lipinski definition) is 0. The van der Waals surface area contributed by atoms with Gasteiger partial charge in [0.1, 0.15) is 5.82 Å². The van der Waals surface area contributed by atoms with Crippen molar-refractivity contribution in [3.63, 3.8) is 0 Å². The standard InChI is InChI=1S/C8H10.C6H5F.C2H6/c1-2-8-6-4-3-5-7-8;7-6-4-2-1-3-5-6;1-2/h3-7H,2H2,1H3;1-5H;1-2H3. The smallest absolute Gasteiger partial charge is 0.123 e. The maximum absolute atomic E-state index is 11.9. The lowest BCUT2D eigenvalue weighted by Gasteiger charge is -1.89. The normalized spacial score (nSPS) is 8.24. The van der Waals surface area contributed by atoms with Crippen molar-refractivity contribution < 1.29 is 4.39 Å². The first-order chi connectivity index (χ1) is 8.33. The lowest BCUT2D eigenvalue weighted by atomic mass is 10.2. The van der Waals surface area contributed by atoms with Crippen molar-refractivity contribution >= 4 is 0 Å². The summed E-state index contributed by atoms with van der Waals surface area (Å²) in [6, 6.07) is 18.4. The van der Waals surface area contributed by atoms with Crippen LogP contribution in [0.5, 0.6) is 0 Å². The van der Waals surface area contributed by atoms with Gasteiger partial charge in [0.05, 0.1) is 0 Å². The molecule has 0 N–H and O–H groups in total. The van der Waals surface area contributed by atoms with Crippen molar-refractivity contribution in [3.05, 3.63) is 72.0 Å². The second-order valence-corrected chi connectivity index (χ2v) is 3.13. The Morgan fingerprint density at radius 3 is 1.41 bits per heavy atom. The van der Waals surface area contributed by atoms with Gasteiger partial charge in [-0.3, -0.25) is 0 Å². The van der Waals surface area contributed by atoms with E-state index in [4.69, 9.17) is 0 Å². The molecule has 0 amide bonds. The molecule has 2 aromatic carbocycles. The first-order valence-corrected chi connectivity index (χ1v) is 6.07. The number of benzene rings is 2. The second-order valence-electron chi connectivity index (χ2n) is 3.13. The van der Waals surface area contributed by atoms with E-state index in [2.05, 4.69) is 31.2 Å². The van der Waals surface area contributed by atoms with Crippen LogP contribution in [0.3, 0.4) is 0 Å². The van der Waals surface area contributed by atoms with Crippen LogP contribution in [-0.2, 0) is 6.42 Å². The third kappa shape index (κ3) is 8.21. The summed E-state index contributed by atoms with van der Waals surface area (Å²) >= 11 is 0. The summed E-state index contributed by atoms with van der Waals surface area (Å²) in [5.41, 5.74) is 1.41. The van der Waals surface area contributed by atoms with E-state index in [0.717, 1.165) is 6.42 Å². The van der Waals surface area contributed by atoms with E-state index in [1.807, 2.05) is 19.9 Å². The third-order valence-corrected chi connectivity index (χ3v) is 1.98. The van der Waals surface area contributed by atoms with Crippen molar-refractivity contribution in [2.24, 2.45) is 0 Å². The lowest BCUT2D eigenvalue weighted by molar-refractivity contribution is 0.628. The zero-order valence-electron chi connectivity index (χ0n) is 10.9. The van der Waals surface area contributed by atoms with Crippen molar-refractivity contribution in [1.29, 1.82) is 0 Å². The molecule has 0 nitrogen and oxygen atoms in total. The maximum Gasteiger partial charge on any atom is 0.123 e. The molecule has 0 aliphatic rings. The van der Waals surface area contributed by atoms with Crippen LogP contribution in [0.4, 0.5) is 4.39 Å². The van der Waals surface area contributed by atoms with Gasteiger partial charge in [0, 0.05) is 0 Å². The fourth-order valence-corrected chi connectivity index (χ4v) is 1.13. The topological polar surface area (TPSA) is 0 Å². The van der Waals surface area contributed by atoms with Gasteiger partial charge in [0.2, 0.25) is 0 Å². The molecule has 92 valence electrons. The summed E-state index contributed by atoms with van der Waals surface area (Å²) in [6.45, 7) is 6.16. The van der Waals surface area contributed by atoms with Crippen LogP contribution < -0.4 is 0 Å². The zero-order chi connectivity index (χ0) is 12.9. The largest absolute Gasteiger partial charge is 0.207 e. The molecule has 0 aromatic heterocycles. The Bertz CT molecular complexity index is 354. The molecule has 2 aromatic rings. The number of hydrogen-bond acceptors (Lipinski definition) is 0. The quantitative estimate of drug-likeness (QED) is 0.641. The molecule has 1 heteroatoms. The minimum Gasteiger partial charge on any atom is -0.207 e. The minimum absolute atomic E-state index is 0.178. The van der Waals surface area contributed by atoms with Crippen LogP contribution in [0.1, 0.15) is 26.3 Å². The monoisotopic (exact) mass is 232 g/mol. The first-order valence-electron chi connectivity index (χ1n) is 6.07. The van der Waals surface area contributed by atoms with E-state index in [1.165, 1.54) is 17.7 Å². The molecule has 0 saturated carbocycles. The van der Waals surface area contributed by atoms with Crippen LogP contribution in [-0.4, -0.2) is 0 Å². The van der Waals surface area contributed by atoms with Gasteiger partial charge < -0.3 is 0 Å². The molecular formula is C16H21F. The summed E-state index contributed by atoms with van der Waals surface area (Å²) < 4.78 is 11.9. The highest BCUT2D eigenvalue weighted by atomic mass is 19.1. The number of aryl methyl sites for hydroxylation is 1. The predicted octanol–water partition coefficient (Wildman–Crippen LogP) is 5.10. The van der Waals surface area contributed by atoms with Gasteiger partial charge in [0.15, 0.2) is 0 Å². The molecule has 0 spiro atoms. The Morgan fingerprint density at radius 1 is 0.765 bits per heavy atom. The van der Waals surface area contributed by atoms with E-state index < -0.39 is 0 Å². The zero-order valence-corrected chi connectivity index (χ0v) is 10.9. The highest BCUT2D eigenvalue weighted by molar-refractivity contribution is 5.13. The van der Waals surface area contributed by atoms with Crippen LogP contribution in [0.15, 0.2) is 60.7 Å². The molecule has 0 atom stereocenters. The Kier molecular flexibility index (Phi) is 9.83.